The van der Waals surface area contributed by atoms with Crippen molar-refractivity contribution in [3.8, 4) is 6.07 Å². The molecule has 0 bridgehead atoms. The maximum atomic E-state index is 13.3. The number of nitrogens with one attached hydrogen (secondary N) is 1. The predicted molar refractivity (Wildman–Crippen MR) is 78.4 cm³/mol. The minimum atomic E-state index is -0.464. The molecule has 0 radical (unpaired) electrons. The molecule has 2 fully saturated rings. The van der Waals surface area contributed by atoms with Crippen molar-refractivity contribution in [3.63, 3.8) is 0 Å². The monoisotopic (exact) mass is 292 g/mol. The van der Waals surface area contributed by atoms with Gasteiger partial charge in [-0.3, -0.25) is 0 Å². The van der Waals surface area contributed by atoms with Crippen LogP contribution < -0.4 is 5.32 Å². The van der Waals surface area contributed by atoms with Gasteiger partial charge >= 0.3 is 0 Å². The van der Waals surface area contributed by atoms with E-state index in [2.05, 4.69) is 5.32 Å². The molecule has 2 aliphatic rings. The number of nitriles is 1. The Morgan fingerprint density at radius 2 is 2.40 bits per heavy atom. The Hall–Kier alpha value is -1.25. The van der Waals surface area contributed by atoms with Crippen LogP contribution in [0.25, 0.3) is 0 Å². The van der Waals surface area contributed by atoms with E-state index in [0.717, 1.165) is 37.3 Å². The predicted octanol–water partition coefficient (Wildman–Crippen LogP) is 3.16. The molecule has 20 heavy (non-hydrogen) atoms. The number of thioether (sulfide) groups is 1. The van der Waals surface area contributed by atoms with E-state index >= 15 is 0 Å². The average molecular weight is 292 g/mol. The van der Waals surface area contributed by atoms with Gasteiger partial charge in [0.05, 0.1) is 11.2 Å². The summed E-state index contributed by atoms with van der Waals surface area (Å²) < 4.78 is 19.3. The van der Waals surface area contributed by atoms with E-state index in [4.69, 9.17) is 10.00 Å². The Balaban J connectivity index is 1.70. The largest absolute Gasteiger partial charge is 0.382 e. The number of ether oxygens (including phenoxy) is 1. The lowest BCUT2D eigenvalue weighted by Gasteiger charge is -2.38. The number of hydrogen-bond acceptors (Lipinski definition) is 4. The van der Waals surface area contributed by atoms with Crippen LogP contribution in [0.2, 0.25) is 0 Å². The minimum absolute atomic E-state index is 0.0265. The van der Waals surface area contributed by atoms with Crippen LogP contribution in [0.5, 0.6) is 0 Å². The van der Waals surface area contributed by atoms with Crippen molar-refractivity contribution in [1.82, 2.24) is 0 Å². The first-order valence-electron chi connectivity index (χ1n) is 6.89. The van der Waals surface area contributed by atoms with Gasteiger partial charge in [-0.25, -0.2) is 4.39 Å². The Morgan fingerprint density at radius 3 is 3.15 bits per heavy atom. The molecule has 106 valence electrons. The highest BCUT2D eigenvalue weighted by atomic mass is 32.2. The number of halogens is 1. The Kier molecular flexibility index (Phi) is 3.86. The van der Waals surface area contributed by atoms with Crippen LogP contribution in [-0.2, 0) is 4.74 Å². The van der Waals surface area contributed by atoms with Gasteiger partial charge in [0, 0.05) is 24.1 Å². The van der Waals surface area contributed by atoms with Crippen LogP contribution in [0.1, 0.15) is 24.8 Å². The standard InChI is InChI=1S/C15H17FN2OS/c16-14-2-1-12(7-11(14)9-17)18-13-3-5-19-15(8-13)4-6-20-10-15/h1-2,7,13,18H,3-6,8,10H2. The zero-order valence-corrected chi connectivity index (χ0v) is 12.0. The van der Waals surface area contributed by atoms with Gasteiger partial charge < -0.3 is 10.1 Å². The molecule has 3 rings (SSSR count). The van der Waals surface area contributed by atoms with Gasteiger partial charge in [0.15, 0.2) is 0 Å². The molecule has 2 aliphatic heterocycles. The third-order valence-electron chi connectivity index (χ3n) is 4.02. The third kappa shape index (κ3) is 2.77. The zero-order chi connectivity index (χ0) is 14.0. The fourth-order valence-corrected chi connectivity index (χ4v) is 4.33. The molecule has 2 saturated heterocycles. The number of benzene rings is 1. The lowest BCUT2D eigenvalue weighted by Crippen LogP contribution is -2.44. The second-order valence-corrected chi connectivity index (χ2v) is 6.58. The van der Waals surface area contributed by atoms with E-state index < -0.39 is 5.82 Å². The molecule has 1 aromatic rings. The van der Waals surface area contributed by atoms with Gasteiger partial charge in [-0.15, -0.1) is 0 Å². The van der Waals surface area contributed by atoms with Crippen LogP contribution >= 0.6 is 11.8 Å². The molecule has 3 nitrogen and oxygen atoms in total. The molecule has 2 unspecified atom stereocenters. The molecule has 2 atom stereocenters. The van der Waals surface area contributed by atoms with Crippen molar-refractivity contribution in [2.45, 2.75) is 30.9 Å². The maximum absolute atomic E-state index is 13.3. The van der Waals surface area contributed by atoms with Gasteiger partial charge in [-0.1, -0.05) is 0 Å². The summed E-state index contributed by atoms with van der Waals surface area (Å²) in [6.07, 6.45) is 3.05. The first kappa shape index (κ1) is 13.7. The molecular weight excluding hydrogens is 275 g/mol. The Labute approximate surface area is 122 Å². The molecule has 0 aliphatic carbocycles. The van der Waals surface area contributed by atoms with Crippen LogP contribution in [0, 0.1) is 17.1 Å². The van der Waals surface area contributed by atoms with E-state index in [9.17, 15) is 4.39 Å². The first-order chi connectivity index (χ1) is 9.71. The van der Waals surface area contributed by atoms with E-state index in [1.54, 1.807) is 12.1 Å². The molecule has 0 amide bonds. The van der Waals surface area contributed by atoms with Gasteiger partial charge in [0.25, 0.3) is 0 Å². The van der Waals surface area contributed by atoms with Crippen molar-refractivity contribution in [2.24, 2.45) is 0 Å². The third-order valence-corrected chi connectivity index (χ3v) is 5.24. The molecule has 1 spiro atoms. The minimum Gasteiger partial charge on any atom is -0.382 e. The highest BCUT2D eigenvalue weighted by Crippen LogP contribution is 2.39. The van der Waals surface area contributed by atoms with E-state index in [0.29, 0.717) is 6.04 Å². The molecule has 0 aromatic heterocycles. The van der Waals surface area contributed by atoms with Gasteiger partial charge in [-0.2, -0.15) is 17.0 Å². The van der Waals surface area contributed by atoms with Crippen LogP contribution in [0.4, 0.5) is 10.1 Å². The Morgan fingerprint density at radius 1 is 1.50 bits per heavy atom. The van der Waals surface area contributed by atoms with Crippen molar-refractivity contribution in [2.75, 3.05) is 23.4 Å². The van der Waals surface area contributed by atoms with Gasteiger partial charge in [-0.05, 0) is 43.2 Å². The second kappa shape index (κ2) is 5.63. The highest BCUT2D eigenvalue weighted by molar-refractivity contribution is 7.99. The van der Waals surface area contributed by atoms with Crippen LogP contribution in [-0.4, -0.2) is 29.8 Å². The second-order valence-electron chi connectivity index (χ2n) is 5.47. The first-order valence-corrected chi connectivity index (χ1v) is 8.04. The number of anilines is 1. The van der Waals surface area contributed by atoms with Crippen LogP contribution in [0.3, 0.4) is 0 Å². The maximum Gasteiger partial charge on any atom is 0.141 e. The molecule has 1 aromatic carbocycles. The Bertz CT molecular complexity index is 537. The lowest BCUT2D eigenvalue weighted by atomic mass is 9.89. The summed E-state index contributed by atoms with van der Waals surface area (Å²) in [5.74, 6) is 1.77. The van der Waals surface area contributed by atoms with Crippen molar-refractivity contribution >= 4 is 17.4 Å². The summed E-state index contributed by atoms with van der Waals surface area (Å²) >= 11 is 1.95. The zero-order valence-electron chi connectivity index (χ0n) is 11.2. The van der Waals surface area contributed by atoms with Crippen LogP contribution in [0.15, 0.2) is 18.2 Å². The smallest absolute Gasteiger partial charge is 0.141 e. The van der Waals surface area contributed by atoms with Crippen molar-refractivity contribution < 1.29 is 9.13 Å². The molecule has 2 heterocycles. The summed E-state index contributed by atoms with van der Waals surface area (Å²) in [4.78, 5) is 0. The molecule has 5 heteroatoms. The quantitative estimate of drug-likeness (QED) is 0.909. The van der Waals surface area contributed by atoms with E-state index in [1.807, 2.05) is 17.8 Å². The van der Waals surface area contributed by atoms with E-state index in [-0.39, 0.29) is 11.2 Å². The molecular formula is C15H17FN2OS. The summed E-state index contributed by atoms with van der Waals surface area (Å²) in [6.45, 7) is 0.768. The highest BCUT2D eigenvalue weighted by Gasteiger charge is 2.40. The summed E-state index contributed by atoms with van der Waals surface area (Å²) in [5, 5.41) is 12.3. The SMILES string of the molecule is N#Cc1cc(NC2CCOC3(CCSC3)C2)ccc1F. The van der Waals surface area contributed by atoms with Gasteiger partial charge in [0.1, 0.15) is 11.9 Å². The van der Waals surface area contributed by atoms with Crippen molar-refractivity contribution in [3.05, 3.63) is 29.6 Å². The topological polar surface area (TPSA) is 45.0 Å². The van der Waals surface area contributed by atoms with Crippen molar-refractivity contribution in [1.29, 1.82) is 5.26 Å². The number of rotatable bonds is 2. The number of hydrogen-bond donors (Lipinski definition) is 1. The normalized spacial score (nSPS) is 29.3. The molecule has 1 N–H and O–H groups in total. The summed E-state index contributed by atoms with van der Waals surface area (Å²) in [5.41, 5.74) is 0.933. The fraction of sp³-hybridized carbons (Fsp3) is 0.533. The van der Waals surface area contributed by atoms with E-state index in [1.165, 1.54) is 11.8 Å². The van der Waals surface area contributed by atoms with Gasteiger partial charge in [0.2, 0.25) is 0 Å². The summed E-state index contributed by atoms with van der Waals surface area (Å²) in [7, 11) is 0. The lowest BCUT2D eigenvalue weighted by molar-refractivity contribution is -0.0628. The summed E-state index contributed by atoms with van der Waals surface area (Å²) in [6, 6.07) is 6.84. The number of nitrogens with zero attached hydrogens (tertiary/aromatic N) is 1. The fourth-order valence-electron chi connectivity index (χ4n) is 2.95. The molecule has 0 saturated carbocycles. The average Bonchev–Trinajstić information content (AvgIpc) is 2.89.